The van der Waals surface area contributed by atoms with E-state index in [1.54, 1.807) is 16.8 Å². The fourth-order valence-corrected chi connectivity index (χ4v) is 3.40. The average molecular weight is 419 g/mol. The van der Waals surface area contributed by atoms with Crippen molar-refractivity contribution in [2.75, 3.05) is 11.9 Å². The van der Waals surface area contributed by atoms with E-state index in [4.69, 9.17) is 27.6 Å². The Morgan fingerprint density at radius 3 is 2.85 bits per heavy atom. The fourth-order valence-electron chi connectivity index (χ4n) is 2.88. The summed E-state index contributed by atoms with van der Waals surface area (Å²) in [6, 6.07) is 3.65. The molecule has 0 unspecified atom stereocenters. The Morgan fingerprint density at radius 1 is 1.33 bits per heavy atom. The lowest BCUT2D eigenvalue weighted by Crippen LogP contribution is -2.05. The molecule has 1 N–H and O–H groups in total. The lowest BCUT2D eigenvalue weighted by molar-refractivity contribution is -0.129. The van der Waals surface area contributed by atoms with Gasteiger partial charge in [0.1, 0.15) is 16.4 Å². The SMILES string of the molecule is Cc1c(CCCCOC(F)F)c(Cl)n2nc(Cl)nc(NCc3ccco3)c12. The first-order valence-corrected chi connectivity index (χ1v) is 9.12. The molecule has 0 aliphatic rings. The number of fused-ring (bicyclic) bond motifs is 1. The number of halogens is 4. The first-order chi connectivity index (χ1) is 13.0. The maximum Gasteiger partial charge on any atom is 0.345 e. The third-order valence-electron chi connectivity index (χ3n) is 4.14. The molecule has 0 saturated carbocycles. The average Bonchev–Trinajstić information content (AvgIpc) is 3.21. The third-order valence-corrected chi connectivity index (χ3v) is 4.69. The first-order valence-electron chi connectivity index (χ1n) is 8.36. The van der Waals surface area contributed by atoms with E-state index in [2.05, 4.69) is 20.1 Å². The van der Waals surface area contributed by atoms with E-state index in [9.17, 15) is 8.78 Å². The zero-order valence-corrected chi connectivity index (χ0v) is 16.0. The van der Waals surface area contributed by atoms with Crippen molar-refractivity contribution in [2.24, 2.45) is 0 Å². The molecule has 3 aromatic heterocycles. The van der Waals surface area contributed by atoms with Gasteiger partial charge in [0.15, 0.2) is 5.82 Å². The van der Waals surface area contributed by atoms with Gasteiger partial charge in [0.05, 0.1) is 19.4 Å². The van der Waals surface area contributed by atoms with Crippen LogP contribution in [0.5, 0.6) is 0 Å². The second kappa shape index (κ2) is 8.86. The van der Waals surface area contributed by atoms with Gasteiger partial charge >= 0.3 is 6.61 Å². The molecular formula is C17H18Cl2F2N4O2. The molecule has 10 heteroatoms. The van der Waals surface area contributed by atoms with Crippen molar-refractivity contribution >= 4 is 34.5 Å². The number of rotatable bonds is 9. The summed E-state index contributed by atoms with van der Waals surface area (Å²) in [5, 5.41) is 7.86. The normalized spacial score (nSPS) is 11.6. The highest BCUT2D eigenvalue weighted by atomic mass is 35.5. The summed E-state index contributed by atoms with van der Waals surface area (Å²) < 4.78 is 35.2. The zero-order chi connectivity index (χ0) is 19.4. The van der Waals surface area contributed by atoms with Gasteiger partial charge in [-0.1, -0.05) is 11.6 Å². The molecule has 0 amide bonds. The smallest absolute Gasteiger partial charge is 0.345 e. The van der Waals surface area contributed by atoms with Crippen LogP contribution in [0.1, 0.15) is 29.7 Å². The van der Waals surface area contributed by atoms with Gasteiger partial charge in [-0.2, -0.15) is 13.8 Å². The first kappa shape index (κ1) is 19.9. The van der Waals surface area contributed by atoms with Gasteiger partial charge in [0.2, 0.25) is 5.28 Å². The predicted octanol–water partition coefficient (Wildman–Crippen LogP) is 5.11. The van der Waals surface area contributed by atoms with Gasteiger partial charge in [0.25, 0.3) is 0 Å². The Balaban J connectivity index is 1.80. The van der Waals surface area contributed by atoms with E-state index >= 15 is 0 Å². The Bertz CT molecular complexity index is 900. The molecule has 3 heterocycles. The second-order valence-corrected chi connectivity index (χ2v) is 6.60. The van der Waals surface area contributed by atoms with Crippen LogP contribution in [-0.4, -0.2) is 27.8 Å². The van der Waals surface area contributed by atoms with Crippen molar-refractivity contribution in [3.8, 4) is 0 Å². The minimum absolute atomic E-state index is 0.00326. The van der Waals surface area contributed by atoms with Crippen LogP contribution in [0.2, 0.25) is 10.4 Å². The molecule has 6 nitrogen and oxygen atoms in total. The van der Waals surface area contributed by atoms with Crippen LogP contribution in [-0.2, 0) is 17.7 Å². The molecule has 3 rings (SSSR count). The summed E-state index contributed by atoms with van der Waals surface area (Å²) >= 11 is 12.5. The minimum atomic E-state index is -2.74. The van der Waals surface area contributed by atoms with E-state index < -0.39 is 6.61 Å². The van der Waals surface area contributed by atoms with Crippen LogP contribution < -0.4 is 5.32 Å². The van der Waals surface area contributed by atoms with Gasteiger partial charge < -0.3 is 14.5 Å². The molecular weight excluding hydrogens is 401 g/mol. The van der Waals surface area contributed by atoms with Gasteiger partial charge in [0, 0.05) is 0 Å². The second-order valence-electron chi connectivity index (χ2n) is 5.91. The van der Waals surface area contributed by atoms with Crippen LogP contribution in [0.15, 0.2) is 22.8 Å². The largest absolute Gasteiger partial charge is 0.467 e. The molecule has 27 heavy (non-hydrogen) atoms. The Labute approximate surface area is 164 Å². The number of unbranched alkanes of at least 4 members (excludes halogenated alkanes) is 1. The number of aromatic nitrogens is 3. The number of nitrogens with one attached hydrogen (secondary N) is 1. The van der Waals surface area contributed by atoms with E-state index in [1.807, 2.05) is 13.0 Å². The minimum Gasteiger partial charge on any atom is -0.467 e. The quantitative estimate of drug-likeness (QED) is 0.489. The molecule has 3 aromatic rings. The molecule has 0 aliphatic heterocycles. The maximum atomic E-state index is 12.0. The number of furan rings is 1. The highest BCUT2D eigenvalue weighted by molar-refractivity contribution is 6.31. The summed E-state index contributed by atoms with van der Waals surface area (Å²) in [6.07, 6.45) is 3.35. The van der Waals surface area contributed by atoms with Crippen molar-refractivity contribution in [2.45, 2.75) is 39.3 Å². The zero-order valence-electron chi connectivity index (χ0n) is 14.5. The topological polar surface area (TPSA) is 64.6 Å². The molecule has 0 spiro atoms. The number of aryl methyl sites for hydroxylation is 1. The number of hydrogen-bond acceptors (Lipinski definition) is 5. The highest BCUT2D eigenvalue weighted by Crippen LogP contribution is 2.32. The van der Waals surface area contributed by atoms with Gasteiger partial charge in [-0.3, -0.25) is 0 Å². The van der Waals surface area contributed by atoms with Crippen molar-refractivity contribution in [3.63, 3.8) is 0 Å². The van der Waals surface area contributed by atoms with Gasteiger partial charge in [-0.05, 0) is 61.0 Å². The lowest BCUT2D eigenvalue weighted by atomic mass is 10.1. The molecule has 146 valence electrons. The Hall–Kier alpha value is -1.90. The highest BCUT2D eigenvalue weighted by Gasteiger charge is 2.19. The predicted molar refractivity (Wildman–Crippen MR) is 98.7 cm³/mol. The summed E-state index contributed by atoms with van der Waals surface area (Å²) in [6.45, 7) is -0.392. The summed E-state index contributed by atoms with van der Waals surface area (Å²) in [5.74, 6) is 1.29. The molecule has 0 aromatic carbocycles. The molecule has 0 atom stereocenters. The van der Waals surface area contributed by atoms with Crippen molar-refractivity contribution in [3.05, 3.63) is 45.7 Å². The van der Waals surface area contributed by atoms with Crippen molar-refractivity contribution in [1.82, 2.24) is 14.6 Å². The Kier molecular flexibility index (Phi) is 6.51. The standard InChI is InChI=1S/C17H18Cl2F2N4O2/c1-10-12(6-2-3-7-27-17(20)21)14(18)25-13(10)15(23-16(19)24-25)22-9-11-5-4-8-26-11/h4-5,8,17H,2-3,6-7,9H2,1H3,(H,22,23,24). The van der Waals surface area contributed by atoms with E-state index in [1.165, 1.54) is 0 Å². The van der Waals surface area contributed by atoms with Crippen LogP contribution in [0.25, 0.3) is 5.52 Å². The van der Waals surface area contributed by atoms with E-state index in [0.29, 0.717) is 36.8 Å². The molecule has 0 bridgehead atoms. The van der Waals surface area contributed by atoms with Crippen LogP contribution in [0.3, 0.4) is 0 Å². The Morgan fingerprint density at radius 2 is 2.15 bits per heavy atom. The van der Waals surface area contributed by atoms with Gasteiger partial charge in [-0.25, -0.2) is 4.52 Å². The summed E-state index contributed by atoms with van der Waals surface area (Å²) in [5.41, 5.74) is 2.51. The molecule has 0 radical (unpaired) electrons. The van der Waals surface area contributed by atoms with Crippen LogP contribution in [0.4, 0.5) is 14.6 Å². The number of nitrogens with zero attached hydrogens (tertiary/aromatic N) is 3. The molecule has 0 aliphatic carbocycles. The van der Waals surface area contributed by atoms with Gasteiger partial charge in [-0.15, -0.1) is 5.10 Å². The van der Waals surface area contributed by atoms with Crippen molar-refractivity contribution < 1.29 is 17.9 Å². The van der Waals surface area contributed by atoms with E-state index in [-0.39, 0.29) is 11.9 Å². The number of anilines is 1. The molecule has 0 saturated heterocycles. The van der Waals surface area contributed by atoms with Crippen LogP contribution in [0, 0.1) is 6.92 Å². The summed E-state index contributed by atoms with van der Waals surface area (Å²) in [7, 11) is 0. The van der Waals surface area contributed by atoms with Crippen LogP contribution >= 0.6 is 23.2 Å². The lowest BCUT2D eigenvalue weighted by Gasteiger charge is -2.07. The maximum absolute atomic E-state index is 12.0. The van der Waals surface area contributed by atoms with E-state index in [0.717, 1.165) is 22.4 Å². The third kappa shape index (κ3) is 4.69. The molecule has 0 fully saturated rings. The monoisotopic (exact) mass is 418 g/mol. The number of alkyl halides is 2. The number of ether oxygens (including phenoxy) is 1. The number of hydrogen-bond donors (Lipinski definition) is 1. The summed E-state index contributed by atoms with van der Waals surface area (Å²) in [4.78, 5) is 4.26. The van der Waals surface area contributed by atoms with Crippen molar-refractivity contribution in [1.29, 1.82) is 0 Å². The fraction of sp³-hybridized carbons (Fsp3) is 0.412.